The maximum absolute atomic E-state index is 13.5. The highest BCUT2D eigenvalue weighted by molar-refractivity contribution is 5.99. The molecule has 2 aromatic rings. The van der Waals surface area contributed by atoms with Crippen molar-refractivity contribution in [1.29, 1.82) is 0 Å². The lowest BCUT2D eigenvalue weighted by Gasteiger charge is -2.26. The van der Waals surface area contributed by atoms with Crippen LogP contribution in [0.2, 0.25) is 0 Å². The third kappa shape index (κ3) is 15.3. The summed E-state index contributed by atoms with van der Waals surface area (Å²) in [4.78, 5) is 104. The number of nitrogens with zero attached hydrogens (tertiary/aromatic N) is 1. The van der Waals surface area contributed by atoms with Gasteiger partial charge in [-0.15, -0.1) is 0 Å². The number of halogens is 3. The zero-order valence-corrected chi connectivity index (χ0v) is 30.7. The second kappa shape index (κ2) is 21.6. The number of carbonyl (C=O) groups is 7. The number of methoxy groups -OCH3 is 1. The van der Waals surface area contributed by atoms with E-state index in [4.69, 9.17) is 15.9 Å². The number of aliphatic imine (C=N–C) groups is 1. The Labute approximate surface area is 317 Å². The first-order chi connectivity index (χ1) is 26.2. The van der Waals surface area contributed by atoms with Gasteiger partial charge in [-0.25, -0.2) is 4.79 Å². The molecule has 22 heteroatoms. The number of carboxylic acid groups (broad SMARTS) is 1. The lowest BCUT2D eigenvalue weighted by atomic mass is 9.97. The molecule has 4 unspecified atom stereocenters. The lowest BCUT2D eigenvalue weighted by molar-refractivity contribution is -0.142. The van der Waals surface area contributed by atoms with E-state index in [1.807, 2.05) is 0 Å². The third-order valence-electron chi connectivity index (χ3n) is 8.21. The molecule has 308 valence electrons. The fourth-order valence-electron chi connectivity index (χ4n) is 5.08. The number of carbonyl (C=O) groups excluding carboxylic acids is 6. The standard InChI is InChI=1S/C34H45F3N8O11/c1-4-17(2)29(45-24(46)10-12-27(50)55-3)32(54)44-22(9-11-26(48)49)30(52)41-16-25(47)43-21(6-5-13-40-33(38)39)31(53)42-18-7-8-19-20(34(35,36)37)15-28(51)56-23(19)14-18/h7-8,14-15,17,21-22,29H,4-6,9-13,16H2,1-3H3,(H,41,52)(H,42,53)(H,43,47)(H,44,54)(H,45,46)(H,48,49)(H4,38,39,40). The van der Waals surface area contributed by atoms with E-state index in [-0.39, 0.29) is 43.9 Å². The van der Waals surface area contributed by atoms with Crippen LogP contribution in [0.15, 0.2) is 38.5 Å². The number of alkyl halides is 3. The first-order valence-electron chi connectivity index (χ1n) is 17.2. The summed E-state index contributed by atoms with van der Waals surface area (Å²) >= 11 is 0. The van der Waals surface area contributed by atoms with Crippen LogP contribution < -0.4 is 43.7 Å². The number of guanidine groups is 1. The van der Waals surface area contributed by atoms with Crippen molar-refractivity contribution < 1.29 is 61.0 Å². The number of fused-ring (bicyclic) bond motifs is 1. The maximum Gasteiger partial charge on any atom is 0.417 e. The molecule has 0 bridgehead atoms. The quantitative estimate of drug-likeness (QED) is 0.0276. The first kappa shape index (κ1) is 45.9. The van der Waals surface area contributed by atoms with Gasteiger partial charge in [-0.3, -0.25) is 38.6 Å². The highest BCUT2D eigenvalue weighted by Gasteiger charge is 2.34. The maximum atomic E-state index is 13.5. The molecule has 2 rings (SSSR count). The summed E-state index contributed by atoms with van der Waals surface area (Å²) in [6.45, 7) is 2.65. The molecule has 19 nitrogen and oxygen atoms in total. The van der Waals surface area contributed by atoms with Gasteiger partial charge in [0.25, 0.3) is 0 Å². The van der Waals surface area contributed by atoms with E-state index in [0.29, 0.717) is 12.5 Å². The molecule has 0 radical (unpaired) electrons. The summed E-state index contributed by atoms with van der Waals surface area (Å²) in [5, 5.41) is 20.8. The van der Waals surface area contributed by atoms with Crippen LogP contribution in [0, 0.1) is 5.92 Å². The third-order valence-corrected chi connectivity index (χ3v) is 8.21. The number of nitrogens with two attached hydrogens (primary N) is 2. The summed E-state index contributed by atoms with van der Waals surface area (Å²) in [6.07, 6.45) is -5.94. The predicted molar refractivity (Wildman–Crippen MR) is 192 cm³/mol. The van der Waals surface area contributed by atoms with Gasteiger partial charge in [0.05, 0.1) is 25.6 Å². The second-order valence-corrected chi connectivity index (χ2v) is 12.5. The number of hydrogen-bond donors (Lipinski definition) is 8. The zero-order chi connectivity index (χ0) is 42.2. The molecule has 0 aliphatic carbocycles. The number of aliphatic carboxylic acids is 1. The van der Waals surface area contributed by atoms with Crippen molar-refractivity contribution >= 4 is 64.1 Å². The van der Waals surface area contributed by atoms with Crippen LogP contribution in [0.1, 0.15) is 64.4 Å². The van der Waals surface area contributed by atoms with E-state index >= 15 is 0 Å². The van der Waals surface area contributed by atoms with Crippen LogP contribution in [-0.4, -0.2) is 90.9 Å². The summed E-state index contributed by atoms with van der Waals surface area (Å²) in [5.74, 6) is -6.89. The molecule has 56 heavy (non-hydrogen) atoms. The van der Waals surface area contributed by atoms with Gasteiger partial charge >= 0.3 is 23.7 Å². The molecule has 0 aliphatic heterocycles. The molecule has 0 saturated carbocycles. The Morgan fingerprint density at radius 3 is 2.20 bits per heavy atom. The fraction of sp³-hybridized carbons (Fsp3) is 0.500. The van der Waals surface area contributed by atoms with Crippen LogP contribution in [-0.2, 0) is 44.5 Å². The Morgan fingerprint density at radius 2 is 1.59 bits per heavy atom. The van der Waals surface area contributed by atoms with Crippen LogP contribution in [0.3, 0.4) is 0 Å². The summed E-state index contributed by atoms with van der Waals surface area (Å²) in [5.41, 5.74) is 7.59. The van der Waals surface area contributed by atoms with Gasteiger partial charge in [0.2, 0.25) is 29.5 Å². The van der Waals surface area contributed by atoms with Crippen LogP contribution in [0.4, 0.5) is 18.9 Å². The minimum Gasteiger partial charge on any atom is -0.481 e. The van der Waals surface area contributed by atoms with E-state index in [2.05, 4.69) is 36.3 Å². The largest absolute Gasteiger partial charge is 0.481 e. The molecule has 10 N–H and O–H groups in total. The van der Waals surface area contributed by atoms with Crippen molar-refractivity contribution in [2.24, 2.45) is 22.4 Å². The Balaban J connectivity index is 2.21. The van der Waals surface area contributed by atoms with Gasteiger partial charge in [0, 0.05) is 42.6 Å². The van der Waals surface area contributed by atoms with Crippen molar-refractivity contribution in [1.82, 2.24) is 21.3 Å². The van der Waals surface area contributed by atoms with Crippen molar-refractivity contribution in [2.45, 2.75) is 83.1 Å². The molecular weight excluding hydrogens is 753 g/mol. The van der Waals surface area contributed by atoms with Crippen molar-refractivity contribution in [3.05, 3.63) is 40.2 Å². The molecule has 0 fully saturated rings. The molecule has 0 spiro atoms. The van der Waals surface area contributed by atoms with Crippen molar-refractivity contribution in [3.8, 4) is 0 Å². The highest BCUT2D eigenvalue weighted by Crippen LogP contribution is 2.34. The number of carboxylic acids is 1. The second-order valence-electron chi connectivity index (χ2n) is 12.5. The number of benzene rings is 1. The van der Waals surface area contributed by atoms with E-state index < -0.39 is 113 Å². The van der Waals surface area contributed by atoms with Crippen LogP contribution in [0.25, 0.3) is 11.0 Å². The Morgan fingerprint density at radius 1 is 0.911 bits per heavy atom. The predicted octanol–water partition coefficient (Wildman–Crippen LogP) is 0.239. The molecule has 4 atom stereocenters. The highest BCUT2D eigenvalue weighted by atomic mass is 19.4. The SMILES string of the molecule is CCC(C)C(NC(=O)CCC(=O)OC)C(=O)NC(CCC(=O)O)C(=O)NCC(=O)NC(CCCN=C(N)N)C(=O)Nc1ccc2c(C(F)(F)F)cc(=O)oc2c1. The van der Waals surface area contributed by atoms with E-state index in [0.717, 1.165) is 25.3 Å². The lowest BCUT2D eigenvalue weighted by Crippen LogP contribution is -2.56. The molecule has 5 amide bonds. The van der Waals surface area contributed by atoms with Gasteiger partial charge in [0.15, 0.2) is 5.96 Å². The van der Waals surface area contributed by atoms with Crippen LogP contribution in [0.5, 0.6) is 0 Å². The van der Waals surface area contributed by atoms with E-state index in [1.165, 1.54) is 0 Å². The van der Waals surface area contributed by atoms with Gasteiger partial charge in [-0.05, 0) is 37.3 Å². The Hall–Kier alpha value is -6.22. The fourth-order valence-corrected chi connectivity index (χ4v) is 5.08. The van der Waals surface area contributed by atoms with E-state index in [1.54, 1.807) is 13.8 Å². The molecule has 1 aromatic carbocycles. The zero-order valence-electron chi connectivity index (χ0n) is 30.7. The Bertz CT molecular complexity index is 1850. The Kier molecular flexibility index (Phi) is 17.7. The van der Waals surface area contributed by atoms with Gasteiger partial charge in [-0.1, -0.05) is 20.3 Å². The van der Waals surface area contributed by atoms with Gasteiger partial charge < -0.3 is 52.3 Å². The molecule has 0 aliphatic rings. The number of nitrogens with one attached hydrogen (secondary N) is 5. The summed E-state index contributed by atoms with van der Waals surface area (Å²) in [6, 6.07) is -0.606. The average molecular weight is 799 g/mol. The molecule has 1 aromatic heterocycles. The van der Waals surface area contributed by atoms with Gasteiger partial charge in [-0.2, -0.15) is 13.2 Å². The minimum atomic E-state index is -4.87. The average Bonchev–Trinajstić information content (AvgIpc) is 3.13. The number of hydrogen-bond acceptors (Lipinski definition) is 11. The summed E-state index contributed by atoms with van der Waals surface area (Å²) in [7, 11) is 1.15. The van der Waals surface area contributed by atoms with Crippen molar-refractivity contribution in [3.63, 3.8) is 0 Å². The molecular formula is C34H45F3N8O11. The molecule has 0 saturated heterocycles. The van der Waals surface area contributed by atoms with Crippen LogP contribution >= 0.6 is 0 Å². The number of anilines is 1. The number of rotatable bonds is 21. The van der Waals surface area contributed by atoms with E-state index in [9.17, 15) is 56.6 Å². The number of esters is 1. The first-order valence-corrected chi connectivity index (χ1v) is 17.2. The van der Waals surface area contributed by atoms with Crippen molar-refractivity contribution in [2.75, 3.05) is 25.5 Å². The normalized spacial score (nSPS) is 13.2. The smallest absolute Gasteiger partial charge is 0.417 e. The number of amides is 5. The van der Waals surface area contributed by atoms with Gasteiger partial charge in [0.1, 0.15) is 23.7 Å². The minimum absolute atomic E-state index is 0.0361. The monoisotopic (exact) mass is 798 g/mol. The number of ether oxygens (including phenoxy) is 1. The topological polar surface area (TPSA) is 304 Å². The summed E-state index contributed by atoms with van der Waals surface area (Å²) < 4.78 is 49.8. The molecule has 1 heterocycles.